The molecular weight excluding hydrogens is 419 g/mol. The summed E-state index contributed by atoms with van der Waals surface area (Å²) in [6.07, 6.45) is 2.68. The maximum absolute atomic E-state index is 13.5. The number of halogens is 1. The Bertz CT molecular complexity index is 506. The van der Waals surface area contributed by atoms with Crippen molar-refractivity contribution in [3.8, 4) is 0 Å². The molecule has 2 saturated heterocycles. The fraction of sp³-hybridized carbons (Fsp3) is 0.889. The maximum Gasteiger partial charge on any atom is 0.329 e. The predicted molar refractivity (Wildman–Crippen MR) is 103 cm³/mol. The molecular formula is C18H31IN2O3. The normalized spacial score (nSPS) is 30.5. The predicted octanol–water partition coefficient (Wildman–Crippen LogP) is 4.04. The highest BCUT2D eigenvalue weighted by Gasteiger charge is 2.51. The van der Waals surface area contributed by atoms with Crippen molar-refractivity contribution in [3.63, 3.8) is 0 Å². The van der Waals surface area contributed by atoms with E-state index in [0.717, 1.165) is 23.7 Å². The lowest BCUT2D eigenvalue weighted by molar-refractivity contribution is -0.144. The molecule has 0 aromatic heterocycles. The summed E-state index contributed by atoms with van der Waals surface area (Å²) in [5.41, 5.74) is -1.16. The molecule has 0 unspecified atom stereocenters. The Hall–Kier alpha value is -0.370. The fourth-order valence-corrected chi connectivity index (χ4v) is 4.49. The van der Waals surface area contributed by atoms with Gasteiger partial charge in [-0.1, -0.05) is 56.7 Å². The molecule has 3 atom stereocenters. The molecule has 24 heavy (non-hydrogen) atoms. The number of hydrogen-bond acceptors (Lipinski definition) is 3. The number of piperidine rings is 1. The Morgan fingerprint density at radius 2 is 2.00 bits per heavy atom. The Morgan fingerprint density at radius 1 is 1.38 bits per heavy atom. The van der Waals surface area contributed by atoms with Gasteiger partial charge in [-0.3, -0.25) is 14.6 Å². The van der Waals surface area contributed by atoms with Crippen LogP contribution in [0.3, 0.4) is 0 Å². The average Bonchev–Trinajstić information content (AvgIpc) is 2.83. The lowest BCUT2D eigenvalue weighted by Gasteiger charge is -2.45. The van der Waals surface area contributed by atoms with E-state index >= 15 is 0 Å². The number of hydrogen-bond donors (Lipinski definition) is 0. The van der Waals surface area contributed by atoms with Crippen molar-refractivity contribution >= 4 is 34.5 Å². The summed E-state index contributed by atoms with van der Waals surface area (Å²) >= 11 is 2.28. The molecule has 2 heterocycles. The third-order valence-electron chi connectivity index (χ3n) is 5.68. The molecule has 0 aliphatic carbocycles. The first kappa shape index (κ1) is 19.9. The van der Waals surface area contributed by atoms with Gasteiger partial charge in [0, 0.05) is 9.84 Å². The van der Waals surface area contributed by atoms with Gasteiger partial charge in [-0.05, 0) is 32.6 Å². The molecule has 138 valence electrons. The highest BCUT2D eigenvalue weighted by molar-refractivity contribution is 14.1. The quantitative estimate of drug-likeness (QED) is 0.482. The van der Waals surface area contributed by atoms with Gasteiger partial charge in [0.05, 0.1) is 18.7 Å². The smallest absolute Gasteiger partial charge is 0.329 e. The standard InChI is InChI=1S/C18H31IN2O3/c1-7-12(2)14-11-24-18(5,6)21(14)16(23)20-13(10-19)8-9-17(3,4)15(20)22/h12-14H,7-11H2,1-6H3/t12-,13-,14-/m1/s1. The van der Waals surface area contributed by atoms with Gasteiger partial charge in [0.25, 0.3) is 0 Å². The molecule has 3 amide bonds. The van der Waals surface area contributed by atoms with E-state index in [1.807, 2.05) is 32.6 Å². The summed E-state index contributed by atoms with van der Waals surface area (Å²) in [6, 6.07) is -0.181. The van der Waals surface area contributed by atoms with Gasteiger partial charge in [-0.2, -0.15) is 0 Å². The molecule has 2 aliphatic rings. The second kappa shape index (κ2) is 7.09. The number of amides is 3. The minimum absolute atomic E-state index is 0.0187. The van der Waals surface area contributed by atoms with Gasteiger partial charge in [0.2, 0.25) is 5.91 Å². The molecule has 2 fully saturated rings. The molecule has 0 aromatic rings. The molecule has 0 saturated carbocycles. The van der Waals surface area contributed by atoms with E-state index in [1.165, 1.54) is 4.90 Å². The van der Waals surface area contributed by atoms with E-state index in [4.69, 9.17) is 4.74 Å². The largest absolute Gasteiger partial charge is 0.354 e. The zero-order chi connectivity index (χ0) is 18.3. The Kier molecular flexibility index (Phi) is 5.90. The molecule has 0 spiro atoms. The lowest BCUT2D eigenvalue weighted by atomic mass is 9.80. The lowest BCUT2D eigenvalue weighted by Crippen LogP contribution is -2.62. The van der Waals surface area contributed by atoms with E-state index < -0.39 is 11.1 Å². The summed E-state index contributed by atoms with van der Waals surface area (Å²) in [5, 5.41) is 0. The van der Waals surface area contributed by atoms with Crippen molar-refractivity contribution in [1.82, 2.24) is 9.80 Å². The second-order valence-corrected chi connectivity index (χ2v) is 9.15. The van der Waals surface area contributed by atoms with Crippen LogP contribution in [-0.4, -0.2) is 50.6 Å². The molecule has 0 radical (unpaired) electrons. The number of nitrogens with zero attached hydrogens (tertiary/aromatic N) is 2. The highest BCUT2D eigenvalue weighted by atomic mass is 127. The SMILES string of the molecule is CC[C@@H](C)[C@H]1COC(C)(C)N1C(=O)N1C(=O)C(C)(C)CC[C@@H]1CI. The number of carbonyl (C=O) groups is 2. The number of urea groups is 1. The molecule has 2 rings (SSSR count). The number of imide groups is 1. The zero-order valence-corrected chi connectivity index (χ0v) is 17.9. The van der Waals surface area contributed by atoms with Gasteiger partial charge >= 0.3 is 6.03 Å². The Morgan fingerprint density at radius 3 is 2.54 bits per heavy atom. The Labute approximate surface area is 159 Å². The minimum Gasteiger partial charge on any atom is -0.354 e. The number of alkyl halides is 1. The van der Waals surface area contributed by atoms with Crippen molar-refractivity contribution in [1.29, 1.82) is 0 Å². The highest BCUT2D eigenvalue weighted by Crippen LogP contribution is 2.38. The molecule has 2 aliphatic heterocycles. The monoisotopic (exact) mass is 450 g/mol. The van der Waals surface area contributed by atoms with E-state index in [1.54, 1.807) is 0 Å². The summed E-state index contributed by atoms with van der Waals surface area (Å²) in [4.78, 5) is 29.8. The molecule has 5 nitrogen and oxygen atoms in total. The van der Waals surface area contributed by atoms with Crippen LogP contribution in [0.15, 0.2) is 0 Å². The summed E-state index contributed by atoms with van der Waals surface area (Å²) in [6.45, 7) is 12.5. The van der Waals surface area contributed by atoms with Gasteiger partial charge < -0.3 is 4.74 Å². The maximum atomic E-state index is 13.5. The van der Waals surface area contributed by atoms with Crippen LogP contribution in [0.25, 0.3) is 0 Å². The summed E-state index contributed by atoms with van der Waals surface area (Å²) in [5.74, 6) is 0.285. The van der Waals surface area contributed by atoms with E-state index in [0.29, 0.717) is 12.5 Å². The van der Waals surface area contributed by atoms with E-state index in [-0.39, 0.29) is 24.0 Å². The van der Waals surface area contributed by atoms with Crippen molar-refractivity contribution in [2.45, 2.75) is 78.6 Å². The van der Waals surface area contributed by atoms with Gasteiger partial charge in [0.15, 0.2) is 0 Å². The van der Waals surface area contributed by atoms with Gasteiger partial charge in [0.1, 0.15) is 5.72 Å². The third kappa shape index (κ3) is 3.45. The van der Waals surface area contributed by atoms with Crippen LogP contribution >= 0.6 is 22.6 Å². The molecule has 0 aromatic carbocycles. The summed E-state index contributed by atoms with van der Waals surface area (Å²) in [7, 11) is 0. The van der Waals surface area contributed by atoms with Gasteiger partial charge in [-0.15, -0.1) is 0 Å². The second-order valence-electron chi connectivity index (χ2n) is 8.27. The third-order valence-corrected chi connectivity index (χ3v) is 6.69. The molecule has 6 heteroatoms. The number of rotatable bonds is 3. The van der Waals surface area contributed by atoms with Crippen LogP contribution in [0.4, 0.5) is 4.79 Å². The fourth-order valence-electron chi connectivity index (χ4n) is 3.66. The van der Waals surface area contributed by atoms with Crippen molar-refractivity contribution in [2.24, 2.45) is 11.3 Å². The van der Waals surface area contributed by atoms with Crippen LogP contribution in [-0.2, 0) is 9.53 Å². The topological polar surface area (TPSA) is 49.9 Å². The van der Waals surface area contributed by atoms with Crippen LogP contribution < -0.4 is 0 Å². The van der Waals surface area contributed by atoms with E-state index in [2.05, 4.69) is 36.4 Å². The number of likely N-dealkylation sites (tertiary alicyclic amines) is 1. The van der Waals surface area contributed by atoms with E-state index in [9.17, 15) is 9.59 Å². The van der Waals surface area contributed by atoms with Crippen LogP contribution in [0.1, 0.15) is 60.8 Å². The minimum atomic E-state index is -0.678. The summed E-state index contributed by atoms with van der Waals surface area (Å²) < 4.78 is 6.69. The van der Waals surface area contributed by atoms with Crippen molar-refractivity contribution in [3.05, 3.63) is 0 Å². The first-order valence-electron chi connectivity index (χ1n) is 8.93. The molecule has 0 bridgehead atoms. The molecule has 0 N–H and O–H groups in total. The number of ether oxygens (including phenoxy) is 1. The zero-order valence-electron chi connectivity index (χ0n) is 15.8. The Balaban J connectivity index is 2.37. The number of carbonyl (C=O) groups excluding carboxylic acids is 2. The van der Waals surface area contributed by atoms with Crippen molar-refractivity contribution < 1.29 is 14.3 Å². The van der Waals surface area contributed by atoms with Crippen LogP contribution in [0, 0.1) is 11.3 Å². The first-order chi connectivity index (χ1) is 11.1. The average molecular weight is 450 g/mol. The van der Waals surface area contributed by atoms with Gasteiger partial charge in [-0.25, -0.2) is 4.79 Å². The van der Waals surface area contributed by atoms with Crippen molar-refractivity contribution in [2.75, 3.05) is 11.0 Å². The van der Waals surface area contributed by atoms with Crippen LogP contribution in [0.2, 0.25) is 0 Å². The van der Waals surface area contributed by atoms with Crippen LogP contribution in [0.5, 0.6) is 0 Å². The first-order valence-corrected chi connectivity index (χ1v) is 10.5.